The minimum Gasteiger partial charge on any atom is -0.465 e. The number of methoxy groups -OCH3 is 1. The molecular weight excluding hydrogens is 717 g/mol. The third kappa shape index (κ3) is 7.17. The van der Waals surface area contributed by atoms with Crippen LogP contribution in [0.4, 0.5) is 11.4 Å². The molecule has 2 heterocycles. The van der Waals surface area contributed by atoms with Gasteiger partial charge in [-0.2, -0.15) is 5.10 Å². The molecule has 2 saturated carbocycles. The molecule has 56 heavy (non-hydrogen) atoms. The monoisotopic (exact) mass is 764 g/mol. The van der Waals surface area contributed by atoms with Crippen LogP contribution in [0.3, 0.4) is 0 Å². The lowest BCUT2D eigenvalue weighted by molar-refractivity contribution is 0.0559. The molecule has 286 valence electrons. The molecule has 0 radical (unpaired) electrons. The van der Waals surface area contributed by atoms with E-state index in [-0.39, 0.29) is 23.6 Å². The zero-order valence-electron chi connectivity index (χ0n) is 31.9. The molecule has 1 unspecified atom stereocenters. The molecule has 1 amide bonds. The van der Waals surface area contributed by atoms with Crippen molar-refractivity contribution in [2.75, 3.05) is 17.3 Å². The second-order valence-corrected chi connectivity index (χ2v) is 16.3. The third-order valence-electron chi connectivity index (χ3n) is 11.8. The normalized spacial score (nSPS) is 17.8. The van der Waals surface area contributed by atoms with Crippen molar-refractivity contribution in [2.45, 2.75) is 69.7 Å². The minimum absolute atomic E-state index is 0.168. The lowest BCUT2D eigenvalue weighted by atomic mass is 9.77. The Morgan fingerprint density at radius 2 is 1.39 bits per heavy atom. The molecule has 0 saturated heterocycles. The van der Waals surface area contributed by atoms with Crippen LogP contribution in [0.1, 0.15) is 88.7 Å². The number of benzene rings is 4. The SMILES string of the molecule is COC(=O)c1sc(-c2ccc(NC(=O)c3ccn(C(c4ccccc4)(c4ccccc4)c4ccccc4)n3)cc2)cc1N(C1CCC1)C(O)C1CCC(C)CC1. The van der Waals surface area contributed by atoms with E-state index in [1.54, 1.807) is 6.07 Å². The zero-order valence-corrected chi connectivity index (χ0v) is 32.7. The van der Waals surface area contributed by atoms with Gasteiger partial charge in [-0.15, -0.1) is 11.3 Å². The quantitative estimate of drug-likeness (QED) is 0.0732. The summed E-state index contributed by atoms with van der Waals surface area (Å²) in [5.41, 5.74) is 4.79. The van der Waals surface area contributed by atoms with Crippen molar-refractivity contribution in [3.05, 3.63) is 161 Å². The highest BCUT2D eigenvalue weighted by molar-refractivity contribution is 7.18. The third-order valence-corrected chi connectivity index (χ3v) is 12.9. The fraction of sp³-hybridized carbons (Fsp3) is 0.298. The van der Waals surface area contributed by atoms with E-state index in [0.29, 0.717) is 16.5 Å². The molecule has 0 bridgehead atoms. The number of amides is 1. The van der Waals surface area contributed by atoms with Crippen molar-refractivity contribution in [3.63, 3.8) is 0 Å². The number of aliphatic hydroxyl groups excluding tert-OH is 1. The predicted molar refractivity (Wildman–Crippen MR) is 223 cm³/mol. The number of nitrogens with zero attached hydrogens (tertiary/aromatic N) is 3. The maximum atomic E-state index is 13.8. The molecular formula is C47H48N4O4S. The minimum atomic E-state index is -0.828. The van der Waals surface area contributed by atoms with E-state index in [0.717, 1.165) is 77.8 Å². The highest BCUT2D eigenvalue weighted by Gasteiger charge is 2.40. The van der Waals surface area contributed by atoms with Gasteiger partial charge in [0.2, 0.25) is 0 Å². The Morgan fingerprint density at radius 3 is 1.91 bits per heavy atom. The maximum absolute atomic E-state index is 13.8. The topological polar surface area (TPSA) is 96.7 Å². The van der Waals surface area contributed by atoms with E-state index in [4.69, 9.17) is 9.84 Å². The molecule has 2 aliphatic carbocycles. The van der Waals surface area contributed by atoms with Gasteiger partial charge in [-0.05, 0) is 84.5 Å². The summed E-state index contributed by atoms with van der Waals surface area (Å²) >= 11 is 1.38. The molecule has 8 rings (SSSR count). The Kier molecular flexibility index (Phi) is 10.9. The van der Waals surface area contributed by atoms with Crippen LogP contribution >= 0.6 is 11.3 Å². The number of nitrogens with one attached hydrogen (secondary N) is 1. The molecule has 9 heteroatoms. The van der Waals surface area contributed by atoms with E-state index in [1.807, 2.05) is 95.8 Å². The van der Waals surface area contributed by atoms with Gasteiger partial charge in [-0.1, -0.05) is 123 Å². The Hall–Kier alpha value is -5.51. The predicted octanol–water partition coefficient (Wildman–Crippen LogP) is 9.99. The number of carbonyl (C=O) groups is 2. The van der Waals surface area contributed by atoms with Crippen LogP contribution in [0.2, 0.25) is 0 Å². The first kappa shape index (κ1) is 37.4. The number of ether oxygens (including phenoxy) is 1. The van der Waals surface area contributed by atoms with Gasteiger partial charge in [0.15, 0.2) is 5.69 Å². The van der Waals surface area contributed by atoms with Gasteiger partial charge in [0.1, 0.15) is 16.6 Å². The molecule has 0 spiro atoms. The van der Waals surface area contributed by atoms with Crippen LogP contribution in [0.15, 0.2) is 134 Å². The van der Waals surface area contributed by atoms with Gasteiger partial charge in [-0.3, -0.25) is 9.48 Å². The number of aliphatic hydroxyl groups is 1. The Bertz CT molecular complexity index is 2150. The van der Waals surface area contributed by atoms with Gasteiger partial charge in [-0.25, -0.2) is 4.79 Å². The number of hydrogen-bond acceptors (Lipinski definition) is 7. The van der Waals surface area contributed by atoms with E-state index < -0.39 is 17.7 Å². The molecule has 8 nitrogen and oxygen atoms in total. The van der Waals surface area contributed by atoms with E-state index in [2.05, 4.69) is 53.5 Å². The Morgan fingerprint density at radius 1 is 0.821 bits per heavy atom. The largest absolute Gasteiger partial charge is 0.465 e. The summed E-state index contributed by atoms with van der Waals surface area (Å²) in [7, 11) is 1.41. The van der Waals surface area contributed by atoms with Crippen molar-refractivity contribution in [2.24, 2.45) is 11.8 Å². The molecule has 2 aromatic heterocycles. The van der Waals surface area contributed by atoms with Gasteiger partial charge >= 0.3 is 5.97 Å². The molecule has 0 aliphatic heterocycles. The number of carbonyl (C=O) groups excluding carboxylic acids is 2. The van der Waals surface area contributed by atoms with Crippen LogP contribution in [0, 0.1) is 11.8 Å². The fourth-order valence-electron chi connectivity index (χ4n) is 8.47. The second kappa shape index (κ2) is 16.3. The molecule has 6 aromatic rings. The molecule has 2 fully saturated rings. The molecule has 1 atom stereocenters. The van der Waals surface area contributed by atoms with Crippen molar-refractivity contribution < 1.29 is 19.4 Å². The molecule has 4 aromatic carbocycles. The van der Waals surface area contributed by atoms with E-state index in [9.17, 15) is 14.7 Å². The molecule has 2 N–H and O–H groups in total. The number of aromatic nitrogens is 2. The van der Waals surface area contributed by atoms with Crippen molar-refractivity contribution in [1.29, 1.82) is 0 Å². The zero-order chi connectivity index (χ0) is 38.6. The van der Waals surface area contributed by atoms with Gasteiger partial charge in [0.05, 0.1) is 12.8 Å². The lowest BCUT2D eigenvalue weighted by Gasteiger charge is -2.45. The summed E-state index contributed by atoms with van der Waals surface area (Å²) in [6.45, 7) is 2.28. The summed E-state index contributed by atoms with van der Waals surface area (Å²) in [6.07, 6.45) is 8.50. The van der Waals surface area contributed by atoms with E-state index >= 15 is 0 Å². The van der Waals surface area contributed by atoms with Gasteiger partial charge < -0.3 is 20.1 Å². The van der Waals surface area contributed by atoms with Crippen molar-refractivity contribution >= 4 is 34.6 Å². The van der Waals surface area contributed by atoms with Crippen LogP contribution in [0.25, 0.3) is 10.4 Å². The number of anilines is 2. The summed E-state index contributed by atoms with van der Waals surface area (Å²) < 4.78 is 7.14. The van der Waals surface area contributed by atoms with Crippen LogP contribution in [0.5, 0.6) is 0 Å². The average Bonchev–Trinajstić information content (AvgIpc) is 3.90. The fourth-order valence-corrected chi connectivity index (χ4v) is 9.55. The first-order chi connectivity index (χ1) is 27.4. The number of thiophene rings is 1. The summed E-state index contributed by atoms with van der Waals surface area (Å²) in [4.78, 5) is 30.5. The van der Waals surface area contributed by atoms with E-state index in [1.165, 1.54) is 18.4 Å². The second-order valence-electron chi connectivity index (χ2n) is 15.2. The Balaban J connectivity index is 1.06. The maximum Gasteiger partial charge on any atom is 0.350 e. The summed E-state index contributed by atoms with van der Waals surface area (Å²) in [5.74, 6) is 0.121. The first-order valence-electron chi connectivity index (χ1n) is 19.7. The highest BCUT2D eigenvalue weighted by atomic mass is 32.1. The van der Waals surface area contributed by atoms with Crippen molar-refractivity contribution in [1.82, 2.24) is 9.78 Å². The van der Waals surface area contributed by atoms with Crippen LogP contribution < -0.4 is 10.2 Å². The summed E-state index contributed by atoms with van der Waals surface area (Å²) in [5, 5.41) is 19.8. The lowest BCUT2D eigenvalue weighted by Crippen LogP contribution is -2.51. The average molecular weight is 765 g/mol. The Labute approximate surface area is 332 Å². The number of esters is 1. The molecule has 2 aliphatic rings. The number of hydrogen-bond donors (Lipinski definition) is 2. The summed E-state index contributed by atoms with van der Waals surface area (Å²) in [6, 6.07) is 42.3. The van der Waals surface area contributed by atoms with Crippen molar-refractivity contribution in [3.8, 4) is 10.4 Å². The van der Waals surface area contributed by atoms with Crippen LogP contribution in [-0.2, 0) is 10.3 Å². The standard InChI is InChI=1S/C47H48N4O4S/c1-32-21-23-34(24-22-32)45(53)51(39-19-12-20-39)41-31-42(56-43(41)46(54)55-2)33-25-27-38(28-26-33)48-44(52)40-29-30-50(49-40)47(35-13-6-3-7-14-35,36-15-8-4-9-16-36)37-17-10-5-11-18-37/h3-11,13-18,25-32,34,39,45,53H,12,19-24H2,1-2H3,(H,48,52). The smallest absolute Gasteiger partial charge is 0.350 e. The van der Waals surface area contributed by atoms with Gasteiger partial charge in [0, 0.05) is 28.7 Å². The van der Waals surface area contributed by atoms with Gasteiger partial charge in [0.25, 0.3) is 5.91 Å². The number of rotatable bonds is 12. The first-order valence-corrected chi connectivity index (χ1v) is 20.5. The van der Waals surface area contributed by atoms with Crippen LogP contribution in [-0.4, -0.2) is 46.1 Å². The highest BCUT2D eigenvalue weighted by Crippen LogP contribution is 2.44.